The van der Waals surface area contributed by atoms with E-state index >= 15 is 0 Å². The number of esters is 1. The average molecular weight is 249 g/mol. The van der Waals surface area contributed by atoms with Crippen LogP contribution in [0.1, 0.15) is 37.8 Å². The highest BCUT2D eigenvalue weighted by molar-refractivity contribution is 5.75. The van der Waals surface area contributed by atoms with Gasteiger partial charge in [0.1, 0.15) is 6.04 Å². The van der Waals surface area contributed by atoms with E-state index in [1.54, 1.807) is 0 Å². The molecule has 0 aliphatic rings. The highest BCUT2D eigenvalue weighted by Crippen LogP contribution is 2.08. The van der Waals surface area contributed by atoms with Gasteiger partial charge in [0.25, 0.3) is 0 Å². The van der Waals surface area contributed by atoms with Gasteiger partial charge in [-0.2, -0.15) is 0 Å². The van der Waals surface area contributed by atoms with Crippen LogP contribution in [-0.4, -0.2) is 18.6 Å². The summed E-state index contributed by atoms with van der Waals surface area (Å²) in [6.07, 6.45) is 1.77. The Morgan fingerprint density at radius 2 is 2.06 bits per heavy atom. The molecule has 1 rings (SSSR count). The third-order valence-corrected chi connectivity index (χ3v) is 2.95. The van der Waals surface area contributed by atoms with Crippen molar-refractivity contribution < 1.29 is 9.53 Å². The number of carbonyl (C=O) groups excluding carboxylic acids is 1. The third-order valence-electron chi connectivity index (χ3n) is 2.95. The van der Waals surface area contributed by atoms with Gasteiger partial charge in [-0.1, -0.05) is 37.6 Å². The summed E-state index contributed by atoms with van der Waals surface area (Å²) < 4.78 is 5.07. The Morgan fingerprint density at radius 3 is 2.67 bits per heavy atom. The van der Waals surface area contributed by atoms with Crippen molar-refractivity contribution in [1.29, 1.82) is 0 Å². The van der Waals surface area contributed by atoms with Crippen LogP contribution in [0.4, 0.5) is 0 Å². The van der Waals surface area contributed by atoms with E-state index in [1.807, 2.05) is 19.1 Å². The number of aryl methyl sites for hydroxylation is 1. The Balaban J connectivity index is 2.57. The quantitative estimate of drug-likeness (QED) is 0.755. The summed E-state index contributed by atoms with van der Waals surface area (Å²) in [7, 11) is 0. The zero-order valence-electron chi connectivity index (χ0n) is 11.5. The fourth-order valence-corrected chi connectivity index (χ4v) is 1.88. The van der Waals surface area contributed by atoms with Crippen molar-refractivity contribution in [1.82, 2.24) is 5.32 Å². The van der Waals surface area contributed by atoms with Gasteiger partial charge in [0.05, 0.1) is 6.61 Å². The van der Waals surface area contributed by atoms with Crippen molar-refractivity contribution in [3.63, 3.8) is 0 Å². The summed E-state index contributed by atoms with van der Waals surface area (Å²) in [6, 6.07) is 8.00. The SMILES string of the molecule is CCCC(NCc1ccccc1C)C(=O)OCC. The van der Waals surface area contributed by atoms with Gasteiger partial charge in [-0.05, 0) is 31.4 Å². The standard InChI is InChI=1S/C15H23NO2/c1-4-8-14(15(17)18-5-2)16-11-13-10-7-6-9-12(13)3/h6-7,9-10,14,16H,4-5,8,11H2,1-3H3. The first-order valence-electron chi connectivity index (χ1n) is 6.63. The Labute approximate surface area is 110 Å². The molecule has 1 unspecified atom stereocenters. The van der Waals surface area contributed by atoms with Crippen LogP contribution in [0.3, 0.4) is 0 Å². The van der Waals surface area contributed by atoms with Crippen molar-refractivity contribution in [2.45, 2.75) is 46.2 Å². The molecule has 0 amide bonds. The normalized spacial score (nSPS) is 12.2. The lowest BCUT2D eigenvalue weighted by Crippen LogP contribution is -2.37. The molecule has 0 spiro atoms. The lowest BCUT2D eigenvalue weighted by Gasteiger charge is -2.17. The van der Waals surface area contributed by atoms with Crippen molar-refractivity contribution in [2.75, 3.05) is 6.61 Å². The van der Waals surface area contributed by atoms with Gasteiger partial charge >= 0.3 is 5.97 Å². The first kappa shape index (κ1) is 14.7. The minimum absolute atomic E-state index is 0.145. The topological polar surface area (TPSA) is 38.3 Å². The molecule has 100 valence electrons. The van der Waals surface area contributed by atoms with Crippen LogP contribution in [0.2, 0.25) is 0 Å². The lowest BCUT2D eigenvalue weighted by molar-refractivity contribution is -0.145. The number of hydrogen-bond acceptors (Lipinski definition) is 3. The second kappa shape index (κ2) is 7.88. The fraction of sp³-hybridized carbons (Fsp3) is 0.533. The van der Waals surface area contributed by atoms with Crippen LogP contribution in [0, 0.1) is 6.92 Å². The van der Waals surface area contributed by atoms with E-state index in [0.29, 0.717) is 13.2 Å². The Bertz CT molecular complexity index is 377. The first-order chi connectivity index (χ1) is 8.69. The summed E-state index contributed by atoms with van der Waals surface area (Å²) in [5.41, 5.74) is 2.46. The molecular formula is C15H23NO2. The number of ether oxygens (including phenoxy) is 1. The van der Waals surface area contributed by atoms with Gasteiger partial charge < -0.3 is 10.1 Å². The highest BCUT2D eigenvalue weighted by atomic mass is 16.5. The molecular weight excluding hydrogens is 226 g/mol. The molecule has 3 heteroatoms. The lowest BCUT2D eigenvalue weighted by atomic mass is 10.1. The largest absolute Gasteiger partial charge is 0.465 e. The molecule has 3 nitrogen and oxygen atoms in total. The molecule has 0 saturated carbocycles. The predicted molar refractivity (Wildman–Crippen MR) is 73.3 cm³/mol. The number of nitrogens with one attached hydrogen (secondary N) is 1. The van der Waals surface area contributed by atoms with Crippen LogP contribution >= 0.6 is 0 Å². The van der Waals surface area contributed by atoms with Gasteiger partial charge in [0, 0.05) is 6.54 Å². The van der Waals surface area contributed by atoms with Gasteiger partial charge in [-0.15, -0.1) is 0 Å². The van der Waals surface area contributed by atoms with Crippen LogP contribution in [-0.2, 0) is 16.1 Å². The molecule has 1 aromatic rings. The zero-order chi connectivity index (χ0) is 13.4. The van der Waals surface area contributed by atoms with E-state index in [9.17, 15) is 4.79 Å². The van der Waals surface area contributed by atoms with E-state index in [2.05, 4.69) is 31.3 Å². The molecule has 18 heavy (non-hydrogen) atoms. The van der Waals surface area contributed by atoms with E-state index in [4.69, 9.17) is 4.74 Å². The Kier molecular flexibility index (Phi) is 6.44. The molecule has 0 aliphatic heterocycles. The van der Waals surface area contributed by atoms with Crippen LogP contribution < -0.4 is 5.32 Å². The second-order valence-electron chi connectivity index (χ2n) is 4.40. The first-order valence-corrected chi connectivity index (χ1v) is 6.63. The molecule has 1 N–H and O–H groups in total. The van der Waals surface area contributed by atoms with Gasteiger partial charge in [-0.3, -0.25) is 4.79 Å². The minimum Gasteiger partial charge on any atom is -0.465 e. The monoisotopic (exact) mass is 249 g/mol. The molecule has 0 aromatic heterocycles. The summed E-state index contributed by atoms with van der Waals surface area (Å²) in [5, 5.41) is 3.29. The van der Waals surface area contributed by atoms with Gasteiger partial charge in [0.2, 0.25) is 0 Å². The molecule has 1 aromatic carbocycles. The molecule has 0 heterocycles. The van der Waals surface area contributed by atoms with E-state index in [-0.39, 0.29) is 12.0 Å². The van der Waals surface area contributed by atoms with E-state index < -0.39 is 0 Å². The number of rotatable bonds is 7. The maximum absolute atomic E-state index is 11.8. The highest BCUT2D eigenvalue weighted by Gasteiger charge is 2.17. The maximum atomic E-state index is 11.8. The van der Waals surface area contributed by atoms with Crippen LogP contribution in [0.5, 0.6) is 0 Å². The molecule has 1 atom stereocenters. The zero-order valence-corrected chi connectivity index (χ0v) is 11.5. The summed E-state index contributed by atoms with van der Waals surface area (Å²) >= 11 is 0. The van der Waals surface area contributed by atoms with E-state index in [0.717, 1.165) is 12.8 Å². The van der Waals surface area contributed by atoms with Crippen LogP contribution in [0.25, 0.3) is 0 Å². The van der Waals surface area contributed by atoms with Crippen molar-refractivity contribution in [3.05, 3.63) is 35.4 Å². The van der Waals surface area contributed by atoms with Crippen molar-refractivity contribution in [3.8, 4) is 0 Å². The summed E-state index contributed by atoms with van der Waals surface area (Å²) in [4.78, 5) is 11.8. The molecule has 0 aliphatic carbocycles. The van der Waals surface area contributed by atoms with Crippen molar-refractivity contribution >= 4 is 5.97 Å². The van der Waals surface area contributed by atoms with Gasteiger partial charge in [0.15, 0.2) is 0 Å². The summed E-state index contributed by atoms with van der Waals surface area (Å²) in [5.74, 6) is -0.145. The fourth-order valence-electron chi connectivity index (χ4n) is 1.88. The third kappa shape index (κ3) is 4.49. The molecule has 0 bridgehead atoms. The molecule has 0 saturated heterocycles. The second-order valence-corrected chi connectivity index (χ2v) is 4.40. The van der Waals surface area contributed by atoms with Crippen LogP contribution in [0.15, 0.2) is 24.3 Å². The number of carbonyl (C=O) groups is 1. The summed E-state index contributed by atoms with van der Waals surface area (Å²) in [6.45, 7) is 7.13. The Morgan fingerprint density at radius 1 is 1.33 bits per heavy atom. The van der Waals surface area contributed by atoms with Crippen molar-refractivity contribution in [2.24, 2.45) is 0 Å². The number of hydrogen-bond donors (Lipinski definition) is 1. The minimum atomic E-state index is -0.199. The molecule has 0 fully saturated rings. The number of benzene rings is 1. The predicted octanol–water partition coefficient (Wildman–Crippen LogP) is 2.82. The maximum Gasteiger partial charge on any atom is 0.323 e. The van der Waals surface area contributed by atoms with E-state index in [1.165, 1.54) is 11.1 Å². The van der Waals surface area contributed by atoms with Gasteiger partial charge in [-0.25, -0.2) is 0 Å². The molecule has 0 radical (unpaired) electrons. The Hall–Kier alpha value is -1.35. The average Bonchev–Trinajstić information content (AvgIpc) is 2.36. The smallest absolute Gasteiger partial charge is 0.323 e.